The van der Waals surface area contributed by atoms with Crippen LogP contribution in [0.1, 0.15) is 33.6 Å². The molecule has 1 atom stereocenters. The third-order valence-corrected chi connectivity index (χ3v) is 3.64. The average Bonchev–Trinajstić information content (AvgIpc) is 2.37. The number of nitro benzene ring substituents is 1. The summed E-state index contributed by atoms with van der Waals surface area (Å²) in [6, 6.07) is 5.52. The summed E-state index contributed by atoms with van der Waals surface area (Å²) < 4.78 is 5.69. The molecule has 1 aromatic carbocycles. The molecule has 1 unspecified atom stereocenters. The maximum atomic E-state index is 11.4. The zero-order valence-corrected chi connectivity index (χ0v) is 12.8. The molecule has 1 saturated heterocycles. The molecule has 1 aliphatic heterocycles. The Hall–Kier alpha value is -1.82. The van der Waals surface area contributed by atoms with Crippen LogP contribution in [0.15, 0.2) is 18.2 Å². The average molecular weight is 293 g/mol. The largest absolute Gasteiger partial charge is 0.380 e. The highest BCUT2D eigenvalue weighted by Crippen LogP contribution is 2.35. The minimum absolute atomic E-state index is 0.114. The Balaban J connectivity index is 2.23. The molecule has 1 fully saturated rings. The van der Waals surface area contributed by atoms with Crippen molar-refractivity contribution in [1.82, 2.24) is 0 Å². The number of nitrogens with one attached hydrogen (secondary N) is 2. The van der Waals surface area contributed by atoms with E-state index in [1.807, 2.05) is 26.8 Å². The monoisotopic (exact) mass is 293 g/mol. The van der Waals surface area contributed by atoms with Crippen molar-refractivity contribution in [3.8, 4) is 0 Å². The van der Waals surface area contributed by atoms with E-state index in [0.717, 1.165) is 12.8 Å². The van der Waals surface area contributed by atoms with Crippen molar-refractivity contribution in [2.45, 2.75) is 45.3 Å². The molecule has 2 rings (SSSR count). The van der Waals surface area contributed by atoms with Gasteiger partial charge in [-0.05, 0) is 45.7 Å². The Morgan fingerprint density at radius 2 is 2.14 bits per heavy atom. The summed E-state index contributed by atoms with van der Waals surface area (Å²) in [6.07, 6.45) is 1.68. The minimum Gasteiger partial charge on any atom is -0.380 e. The molecule has 0 aromatic heterocycles. The second kappa shape index (κ2) is 6.30. The quantitative estimate of drug-likeness (QED) is 0.642. The van der Waals surface area contributed by atoms with Gasteiger partial charge in [0.2, 0.25) is 0 Å². The van der Waals surface area contributed by atoms with Gasteiger partial charge in [0.25, 0.3) is 0 Å². The lowest BCUT2D eigenvalue weighted by Crippen LogP contribution is -2.40. The number of benzene rings is 1. The van der Waals surface area contributed by atoms with Crippen molar-refractivity contribution >= 4 is 17.1 Å². The van der Waals surface area contributed by atoms with Gasteiger partial charge >= 0.3 is 5.69 Å². The number of rotatable bonds is 5. The number of nitrogens with zero attached hydrogens (tertiary/aromatic N) is 1. The molecule has 0 bridgehead atoms. The first kappa shape index (κ1) is 15.6. The smallest absolute Gasteiger partial charge is 0.315 e. The van der Waals surface area contributed by atoms with E-state index in [1.54, 1.807) is 12.1 Å². The molecule has 0 saturated carbocycles. The van der Waals surface area contributed by atoms with Crippen molar-refractivity contribution in [2.24, 2.45) is 0 Å². The van der Waals surface area contributed by atoms with Crippen molar-refractivity contribution in [1.29, 1.82) is 0 Å². The highest BCUT2D eigenvalue weighted by atomic mass is 16.6. The van der Waals surface area contributed by atoms with Crippen LogP contribution in [0.2, 0.25) is 0 Å². The van der Waals surface area contributed by atoms with Crippen LogP contribution in [-0.2, 0) is 4.74 Å². The van der Waals surface area contributed by atoms with Crippen LogP contribution < -0.4 is 10.6 Å². The minimum atomic E-state index is -0.329. The summed E-state index contributed by atoms with van der Waals surface area (Å²) >= 11 is 0. The first-order valence-corrected chi connectivity index (χ1v) is 7.34. The van der Waals surface area contributed by atoms with Gasteiger partial charge in [-0.2, -0.15) is 0 Å². The number of ether oxygens (including phenoxy) is 1. The normalized spacial score (nSPS) is 20.8. The lowest BCUT2D eigenvalue weighted by Gasteiger charge is -2.36. The predicted octanol–water partition coefficient (Wildman–Crippen LogP) is 3.40. The first-order valence-electron chi connectivity index (χ1n) is 7.34. The van der Waals surface area contributed by atoms with Crippen molar-refractivity contribution in [3.63, 3.8) is 0 Å². The molecule has 21 heavy (non-hydrogen) atoms. The van der Waals surface area contributed by atoms with Crippen LogP contribution in [0.25, 0.3) is 0 Å². The highest BCUT2D eigenvalue weighted by molar-refractivity contribution is 5.76. The molecule has 1 aromatic rings. The van der Waals surface area contributed by atoms with Crippen LogP contribution >= 0.6 is 0 Å². The lowest BCUT2D eigenvalue weighted by molar-refractivity contribution is -0.383. The first-order chi connectivity index (χ1) is 9.93. The van der Waals surface area contributed by atoms with E-state index in [-0.39, 0.29) is 22.3 Å². The van der Waals surface area contributed by atoms with E-state index in [0.29, 0.717) is 24.5 Å². The van der Waals surface area contributed by atoms with Crippen LogP contribution in [-0.4, -0.2) is 29.7 Å². The fraction of sp³-hybridized carbons (Fsp3) is 0.600. The molecular formula is C15H23N3O3. The van der Waals surface area contributed by atoms with Gasteiger partial charge in [-0.25, -0.2) is 0 Å². The predicted molar refractivity (Wildman–Crippen MR) is 83.9 cm³/mol. The molecule has 116 valence electrons. The molecule has 0 amide bonds. The summed E-state index contributed by atoms with van der Waals surface area (Å²) in [6.45, 7) is 7.33. The summed E-state index contributed by atoms with van der Waals surface area (Å²) in [5.74, 6) is 0. The van der Waals surface area contributed by atoms with Crippen LogP contribution in [0.4, 0.5) is 17.1 Å². The maximum absolute atomic E-state index is 11.4. The summed E-state index contributed by atoms with van der Waals surface area (Å²) in [5.41, 5.74) is 1.05. The number of hydrogen-bond donors (Lipinski definition) is 2. The number of anilines is 2. The van der Waals surface area contributed by atoms with Gasteiger partial charge < -0.3 is 15.4 Å². The van der Waals surface area contributed by atoms with Gasteiger partial charge in [-0.15, -0.1) is 0 Å². The Morgan fingerprint density at radius 3 is 2.76 bits per heavy atom. The van der Waals surface area contributed by atoms with Crippen molar-refractivity contribution < 1.29 is 9.66 Å². The molecule has 2 N–H and O–H groups in total. The molecular weight excluding hydrogens is 270 g/mol. The molecule has 1 aliphatic rings. The van der Waals surface area contributed by atoms with Gasteiger partial charge in [-0.3, -0.25) is 10.1 Å². The Morgan fingerprint density at radius 1 is 1.43 bits per heavy atom. The fourth-order valence-corrected chi connectivity index (χ4v) is 2.76. The molecule has 0 spiro atoms. The summed E-state index contributed by atoms with van der Waals surface area (Å²) in [7, 11) is 0. The van der Waals surface area contributed by atoms with Gasteiger partial charge in [0.1, 0.15) is 11.4 Å². The van der Waals surface area contributed by atoms with Gasteiger partial charge in [0.15, 0.2) is 0 Å². The molecule has 1 heterocycles. The topological polar surface area (TPSA) is 76.4 Å². The number of nitro groups is 1. The number of hydrogen-bond acceptors (Lipinski definition) is 5. The van der Waals surface area contributed by atoms with E-state index in [4.69, 9.17) is 4.74 Å². The SMILES string of the molecule is CCNc1cccc(NC2CCOC(C)(C)C2)c1[N+](=O)[O-]. The third kappa shape index (κ3) is 3.85. The molecule has 0 radical (unpaired) electrons. The molecule has 6 nitrogen and oxygen atoms in total. The maximum Gasteiger partial charge on any atom is 0.315 e. The highest BCUT2D eigenvalue weighted by Gasteiger charge is 2.30. The van der Waals surface area contributed by atoms with Crippen LogP contribution in [0.5, 0.6) is 0 Å². The van der Waals surface area contributed by atoms with E-state index in [9.17, 15) is 10.1 Å². The van der Waals surface area contributed by atoms with Gasteiger partial charge in [0, 0.05) is 19.2 Å². The van der Waals surface area contributed by atoms with Gasteiger partial charge in [0.05, 0.1) is 10.5 Å². The standard InChI is InChI=1S/C15H23N3O3/c1-4-16-12-6-5-7-13(14(12)18(19)20)17-11-8-9-21-15(2,3)10-11/h5-7,11,16-17H,4,8-10H2,1-3H3. The van der Waals surface area contributed by atoms with Crippen LogP contribution in [0.3, 0.4) is 0 Å². The van der Waals surface area contributed by atoms with Crippen LogP contribution in [0, 0.1) is 10.1 Å². The van der Waals surface area contributed by atoms with E-state index in [2.05, 4.69) is 10.6 Å². The Labute approximate surface area is 125 Å². The zero-order chi connectivity index (χ0) is 15.5. The van der Waals surface area contributed by atoms with Crippen molar-refractivity contribution in [2.75, 3.05) is 23.8 Å². The summed E-state index contributed by atoms with van der Waals surface area (Å²) in [4.78, 5) is 11.1. The van der Waals surface area contributed by atoms with E-state index < -0.39 is 0 Å². The van der Waals surface area contributed by atoms with Gasteiger partial charge in [-0.1, -0.05) is 6.07 Å². The lowest BCUT2D eigenvalue weighted by atomic mass is 9.93. The zero-order valence-electron chi connectivity index (χ0n) is 12.8. The number of para-hydroxylation sites is 1. The van der Waals surface area contributed by atoms with E-state index in [1.165, 1.54) is 0 Å². The molecule has 0 aliphatic carbocycles. The Bertz CT molecular complexity index is 517. The van der Waals surface area contributed by atoms with Crippen molar-refractivity contribution in [3.05, 3.63) is 28.3 Å². The molecule has 6 heteroatoms. The fourth-order valence-electron chi connectivity index (χ4n) is 2.76. The second-order valence-corrected chi connectivity index (χ2v) is 5.93. The Kier molecular flexibility index (Phi) is 4.67. The third-order valence-electron chi connectivity index (χ3n) is 3.64. The van der Waals surface area contributed by atoms with E-state index >= 15 is 0 Å². The summed E-state index contributed by atoms with van der Waals surface area (Å²) in [5, 5.41) is 17.8. The second-order valence-electron chi connectivity index (χ2n) is 5.93.